The maximum atomic E-state index is 12.3. The molecule has 1 saturated carbocycles. The quantitative estimate of drug-likeness (QED) is 0.455. The number of carbonyl (C=O) groups excluding carboxylic acids is 1. The number of nitrogens with zero attached hydrogens (tertiary/aromatic N) is 4. The number of fused-ring (bicyclic) bond motifs is 1. The molecule has 0 bridgehead atoms. The summed E-state index contributed by atoms with van der Waals surface area (Å²) >= 11 is 0. The van der Waals surface area contributed by atoms with Crippen molar-refractivity contribution in [3.63, 3.8) is 0 Å². The van der Waals surface area contributed by atoms with E-state index in [1.54, 1.807) is 12.4 Å². The molecule has 0 radical (unpaired) electrons. The number of pyridine rings is 1. The maximum absolute atomic E-state index is 12.3. The molecule has 3 N–H and O–H groups in total. The molecule has 1 fully saturated rings. The highest BCUT2D eigenvalue weighted by molar-refractivity contribution is 5.78. The van der Waals surface area contributed by atoms with Gasteiger partial charge in [0.25, 0.3) is 0 Å². The number of hydrogen-bond donors (Lipinski definition) is 3. The molecule has 0 spiro atoms. The molecule has 3 heterocycles. The van der Waals surface area contributed by atoms with Gasteiger partial charge >= 0.3 is 24.3 Å². The van der Waals surface area contributed by atoms with Crippen LogP contribution in [0.4, 0.5) is 26.3 Å². The number of amides is 1. The maximum Gasteiger partial charge on any atom is 0.490 e. The molecule has 1 unspecified atom stereocenters. The van der Waals surface area contributed by atoms with Gasteiger partial charge in [-0.3, -0.25) is 14.7 Å². The van der Waals surface area contributed by atoms with Gasteiger partial charge in [0.1, 0.15) is 5.82 Å². The summed E-state index contributed by atoms with van der Waals surface area (Å²) in [6.07, 6.45) is 1.06. The number of halogens is 6. The van der Waals surface area contributed by atoms with Crippen LogP contribution in [-0.2, 0) is 33.9 Å². The first kappa shape index (κ1) is 32.5. The standard InChI is InChI=1S/C20H27N5O.2C2HF3O2/c1-15-20-23-17(11-19(26)22-13-16-5-4-8-21-12-16)14-24(20)9-10-25(15)18-6-2-3-7-18;2*3-2(4,5)1(6)7/h4-5,8,12,14-15,18H,2-3,6-7,9-11,13H2,1H3,(H,22,26);2*(H,6,7). The fraction of sp³-hybridized carbons (Fsp3) is 0.542. The number of carbonyl (C=O) groups is 3. The number of nitrogens with one attached hydrogen (secondary N) is 1. The Morgan fingerprint density at radius 3 is 2.10 bits per heavy atom. The number of carboxylic acids is 2. The average molecular weight is 582 g/mol. The van der Waals surface area contributed by atoms with Gasteiger partial charge in [-0.2, -0.15) is 26.3 Å². The van der Waals surface area contributed by atoms with Crippen molar-refractivity contribution in [2.45, 2.75) is 76.6 Å². The molecule has 0 aromatic carbocycles. The zero-order chi connectivity index (χ0) is 30.1. The van der Waals surface area contributed by atoms with Crippen LogP contribution < -0.4 is 5.32 Å². The van der Waals surface area contributed by atoms with Crippen LogP contribution >= 0.6 is 0 Å². The van der Waals surface area contributed by atoms with Crippen LogP contribution in [0.5, 0.6) is 0 Å². The van der Waals surface area contributed by atoms with Gasteiger partial charge in [-0.1, -0.05) is 18.9 Å². The van der Waals surface area contributed by atoms with Gasteiger partial charge in [-0.15, -0.1) is 0 Å². The third-order valence-electron chi connectivity index (χ3n) is 6.16. The molecule has 1 aliphatic heterocycles. The van der Waals surface area contributed by atoms with Crippen molar-refractivity contribution < 1.29 is 50.9 Å². The number of rotatable bonds is 5. The molecule has 1 amide bonds. The molecule has 0 saturated heterocycles. The van der Waals surface area contributed by atoms with Crippen LogP contribution in [-0.4, -0.2) is 72.4 Å². The van der Waals surface area contributed by atoms with Gasteiger partial charge in [-0.25, -0.2) is 14.6 Å². The zero-order valence-electron chi connectivity index (χ0n) is 21.4. The molecule has 2 aromatic heterocycles. The van der Waals surface area contributed by atoms with Gasteiger partial charge < -0.3 is 20.1 Å². The Hall–Kier alpha value is -3.69. The minimum atomic E-state index is -5.08. The fourth-order valence-electron chi connectivity index (χ4n) is 4.31. The molecular formula is C24H29F6N5O5. The molecule has 1 aliphatic carbocycles. The predicted octanol–water partition coefficient (Wildman–Crippen LogP) is 3.72. The lowest BCUT2D eigenvalue weighted by Gasteiger charge is -2.38. The van der Waals surface area contributed by atoms with Gasteiger partial charge in [0, 0.05) is 44.3 Å². The van der Waals surface area contributed by atoms with E-state index in [0.29, 0.717) is 25.0 Å². The summed E-state index contributed by atoms with van der Waals surface area (Å²) in [5.74, 6) is -4.40. The molecule has 40 heavy (non-hydrogen) atoms. The first-order chi connectivity index (χ1) is 18.6. The van der Waals surface area contributed by atoms with E-state index in [4.69, 9.17) is 24.8 Å². The molecule has 16 heteroatoms. The van der Waals surface area contributed by atoms with E-state index in [2.05, 4.69) is 32.9 Å². The van der Waals surface area contributed by atoms with Crippen molar-refractivity contribution in [2.24, 2.45) is 0 Å². The number of imidazole rings is 1. The Labute approximate surface area is 225 Å². The Balaban J connectivity index is 0.000000333. The lowest BCUT2D eigenvalue weighted by atomic mass is 10.1. The van der Waals surface area contributed by atoms with Gasteiger partial charge in [0.15, 0.2) is 0 Å². The second-order valence-electron chi connectivity index (χ2n) is 9.06. The summed E-state index contributed by atoms with van der Waals surface area (Å²) < 4.78 is 65.7. The number of carboxylic acid groups (broad SMARTS) is 2. The minimum Gasteiger partial charge on any atom is -0.475 e. The van der Waals surface area contributed by atoms with Gasteiger partial charge in [0.05, 0.1) is 18.2 Å². The third kappa shape index (κ3) is 10.1. The molecule has 222 valence electrons. The minimum absolute atomic E-state index is 0.00426. The predicted molar refractivity (Wildman–Crippen MR) is 127 cm³/mol. The Kier molecular flexibility index (Phi) is 11.5. The van der Waals surface area contributed by atoms with Crippen LogP contribution in [0.2, 0.25) is 0 Å². The highest BCUT2D eigenvalue weighted by Crippen LogP contribution is 2.33. The van der Waals surface area contributed by atoms with Crippen molar-refractivity contribution in [3.05, 3.63) is 47.8 Å². The first-order valence-electron chi connectivity index (χ1n) is 12.2. The lowest BCUT2D eigenvalue weighted by molar-refractivity contribution is -0.193. The van der Waals surface area contributed by atoms with Gasteiger partial charge in [0.2, 0.25) is 5.91 Å². The second kappa shape index (κ2) is 14.1. The normalized spacial score (nSPS) is 17.5. The summed E-state index contributed by atoms with van der Waals surface area (Å²) in [6.45, 7) is 4.82. The summed E-state index contributed by atoms with van der Waals surface area (Å²) in [5, 5.41) is 17.2. The van der Waals surface area contributed by atoms with E-state index in [1.807, 2.05) is 12.1 Å². The van der Waals surface area contributed by atoms with E-state index >= 15 is 0 Å². The highest BCUT2D eigenvalue weighted by Gasteiger charge is 2.39. The zero-order valence-corrected chi connectivity index (χ0v) is 21.4. The monoisotopic (exact) mass is 581 g/mol. The fourth-order valence-corrected chi connectivity index (χ4v) is 4.31. The summed E-state index contributed by atoms with van der Waals surface area (Å²) in [5.41, 5.74) is 1.87. The number of aliphatic carboxylic acids is 2. The number of aromatic nitrogens is 3. The van der Waals surface area contributed by atoms with E-state index in [9.17, 15) is 31.1 Å². The highest BCUT2D eigenvalue weighted by atomic mass is 19.4. The Morgan fingerprint density at radius 2 is 1.60 bits per heavy atom. The van der Waals surface area contributed by atoms with Crippen molar-refractivity contribution in [1.82, 2.24) is 24.8 Å². The van der Waals surface area contributed by atoms with Crippen molar-refractivity contribution >= 4 is 17.8 Å². The second-order valence-corrected chi connectivity index (χ2v) is 9.06. The lowest BCUT2D eigenvalue weighted by Crippen LogP contribution is -2.42. The van der Waals surface area contributed by atoms with E-state index in [1.165, 1.54) is 25.7 Å². The summed E-state index contributed by atoms with van der Waals surface area (Å²) in [6, 6.07) is 4.88. The van der Waals surface area contributed by atoms with Crippen molar-refractivity contribution in [3.8, 4) is 0 Å². The van der Waals surface area contributed by atoms with Crippen LogP contribution in [0.3, 0.4) is 0 Å². The molecule has 1 atom stereocenters. The Bertz CT molecular complexity index is 1110. The molecule has 2 aromatic rings. The van der Waals surface area contributed by atoms with E-state index in [-0.39, 0.29) is 5.91 Å². The average Bonchev–Trinajstić information content (AvgIpc) is 3.54. The largest absolute Gasteiger partial charge is 0.490 e. The smallest absolute Gasteiger partial charge is 0.475 e. The molecule has 4 rings (SSSR count). The van der Waals surface area contributed by atoms with E-state index in [0.717, 1.165) is 30.2 Å². The van der Waals surface area contributed by atoms with Crippen LogP contribution in [0.1, 0.15) is 55.7 Å². The van der Waals surface area contributed by atoms with Crippen LogP contribution in [0.25, 0.3) is 0 Å². The molecule has 10 nitrogen and oxygen atoms in total. The Morgan fingerprint density at radius 1 is 1.02 bits per heavy atom. The van der Waals surface area contributed by atoms with Gasteiger partial charge in [-0.05, 0) is 31.4 Å². The molecular weight excluding hydrogens is 552 g/mol. The first-order valence-corrected chi connectivity index (χ1v) is 12.2. The van der Waals surface area contributed by atoms with E-state index < -0.39 is 24.3 Å². The topological polar surface area (TPSA) is 138 Å². The number of alkyl halides is 6. The van der Waals surface area contributed by atoms with Crippen LogP contribution in [0, 0.1) is 0 Å². The SMILES string of the molecule is CC1c2nc(CC(=O)NCc3cccnc3)cn2CCN1C1CCCC1.O=C(O)C(F)(F)F.O=C(O)C(F)(F)F. The van der Waals surface area contributed by atoms with Crippen LogP contribution in [0.15, 0.2) is 30.7 Å². The third-order valence-corrected chi connectivity index (χ3v) is 6.16. The number of hydrogen-bond acceptors (Lipinski definition) is 6. The summed E-state index contributed by atoms with van der Waals surface area (Å²) in [7, 11) is 0. The summed E-state index contributed by atoms with van der Waals surface area (Å²) in [4.78, 5) is 41.5. The molecule has 2 aliphatic rings. The van der Waals surface area contributed by atoms with Crippen molar-refractivity contribution in [2.75, 3.05) is 6.54 Å². The van der Waals surface area contributed by atoms with Crippen molar-refractivity contribution in [1.29, 1.82) is 0 Å².